The summed E-state index contributed by atoms with van der Waals surface area (Å²) < 4.78 is 10.7. The van der Waals surface area contributed by atoms with Crippen LogP contribution in [0.2, 0.25) is 0 Å². The van der Waals surface area contributed by atoms with Crippen LogP contribution in [0.4, 0.5) is 0 Å². The van der Waals surface area contributed by atoms with E-state index in [2.05, 4.69) is 0 Å². The molecule has 7 nitrogen and oxygen atoms in total. The highest BCUT2D eigenvalue weighted by Gasteiger charge is 2.42. The number of aryl methyl sites for hydroxylation is 2. The number of rotatable bonds is 6. The Morgan fingerprint density at radius 1 is 1.26 bits per heavy atom. The van der Waals surface area contributed by atoms with E-state index in [0.29, 0.717) is 36.3 Å². The fraction of sp³-hybridized carbons (Fsp3) is 0.421. The molecular weight excluding hydrogens is 370 g/mol. The summed E-state index contributed by atoms with van der Waals surface area (Å²) in [4.78, 5) is 24.4. The molecule has 0 amide bonds. The number of methoxy groups -OCH3 is 2. The smallest absolute Gasteiger partial charge is 0.346 e. The third-order valence-corrected chi connectivity index (χ3v) is 6.32. The molecule has 0 aliphatic heterocycles. The molecule has 144 valence electrons. The van der Waals surface area contributed by atoms with Crippen molar-refractivity contribution in [2.45, 2.75) is 38.1 Å². The van der Waals surface area contributed by atoms with E-state index in [0.717, 1.165) is 16.0 Å². The molecule has 1 aliphatic carbocycles. The summed E-state index contributed by atoms with van der Waals surface area (Å²) >= 11 is 1.19. The van der Waals surface area contributed by atoms with Crippen molar-refractivity contribution in [1.29, 1.82) is 0 Å². The third-order valence-electron chi connectivity index (χ3n) is 5.04. The van der Waals surface area contributed by atoms with Crippen LogP contribution in [0.25, 0.3) is 0 Å². The Morgan fingerprint density at radius 2 is 1.93 bits per heavy atom. The third kappa shape index (κ3) is 3.37. The quantitative estimate of drug-likeness (QED) is 0.595. The fourth-order valence-electron chi connectivity index (χ4n) is 3.75. The summed E-state index contributed by atoms with van der Waals surface area (Å²) in [6, 6.07) is 4.52. The molecule has 0 bridgehead atoms. The van der Waals surface area contributed by atoms with Crippen LogP contribution in [-0.2, 0) is 12.8 Å². The van der Waals surface area contributed by atoms with Gasteiger partial charge in [-0.05, 0) is 47.7 Å². The Morgan fingerprint density at radius 3 is 2.48 bits per heavy atom. The monoisotopic (exact) mass is 391 g/mol. The van der Waals surface area contributed by atoms with Crippen LogP contribution < -0.4 is 9.47 Å². The van der Waals surface area contributed by atoms with Gasteiger partial charge in [-0.3, -0.25) is 10.1 Å². The van der Waals surface area contributed by atoms with Crippen LogP contribution in [0.1, 0.15) is 50.5 Å². The number of hydrogen-bond acceptors (Lipinski definition) is 6. The molecule has 3 rings (SSSR count). The Kier molecular flexibility index (Phi) is 5.36. The number of nitro groups is 1. The summed E-state index contributed by atoms with van der Waals surface area (Å²) in [6.07, 6.45) is 1.56. The van der Waals surface area contributed by atoms with Gasteiger partial charge in [0.05, 0.1) is 20.1 Å². The van der Waals surface area contributed by atoms with Crippen molar-refractivity contribution in [2.75, 3.05) is 14.2 Å². The number of carboxylic acid groups (broad SMARTS) is 1. The molecule has 1 aromatic carbocycles. The molecule has 1 heterocycles. The SMILES string of the molecule is CCc1cc([C@@H]2c3cc(OC)c(OC)cc3CC[C@H]2[N+](=O)[O-])c(C(=O)O)s1. The molecule has 0 unspecified atom stereocenters. The molecule has 0 saturated carbocycles. The number of carbonyl (C=O) groups is 1. The van der Waals surface area contributed by atoms with Crippen molar-refractivity contribution in [3.05, 3.63) is 54.8 Å². The minimum absolute atomic E-state index is 0.173. The van der Waals surface area contributed by atoms with E-state index in [1.807, 2.05) is 13.0 Å². The molecule has 0 saturated heterocycles. The van der Waals surface area contributed by atoms with Crippen LogP contribution >= 0.6 is 11.3 Å². The van der Waals surface area contributed by atoms with Gasteiger partial charge in [0.15, 0.2) is 11.5 Å². The van der Waals surface area contributed by atoms with E-state index in [-0.39, 0.29) is 9.80 Å². The summed E-state index contributed by atoms with van der Waals surface area (Å²) in [7, 11) is 3.05. The Hall–Kier alpha value is -2.61. The molecular formula is C19H21NO6S. The first-order valence-corrected chi connectivity index (χ1v) is 9.47. The maximum Gasteiger partial charge on any atom is 0.346 e. The largest absolute Gasteiger partial charge is 0.493 e. The van der Waals surface area contributed by atoms with Gasteiger partial charge >= 0.3 is 5.97 Å². The zero-order chi connectivity index (χ0) is 19.7. The van der Waals surface area contributed by atoms with E-state index < -0.39 is 17.9 Å². The van der Waals surface area contributed by atoms with E-state index in [1.165, 1.54) is 18.4 Å². The highest BCUT2D eigenvalue weighted by molar-refractivity contribution is 7.14. The number of hydrogen-bond donors (Lipinski definition) is 1. The molecule has 1 N–H and O–H groups in total. The van der Waals surface area contributed by atoms with Crippen LogP contribution in [0.15, 0.2) is 18.2 Å². The lowest BCUT2D eigenvalue weighted by Gasteiger charge is -2.29. The van der Waals surface area contributed by atoms with E-state index in [1.54, 1.807) is 19.2 Å². The predicted molar refractivity (Wildman–Crippen MR) is 101 cm³/mol. The minimum atomic E-state index is -1.05. The second-order valence-corrected chi connectivity index (χ2v) is 7.57. The average Bonchev–Trinajstić information content (AvgIpc) is 3.10. The van der Waals surface area contributed by atoms with Crippen molar-refractivity contribution in [2.24, 2.45) is 0 Å². The predicted octanol–water partition coefficient (Wildman–Crippen LogP) is 3.75. The Labute approximate surface area is 160 Å². The lowest BCUT2D eigenvalue weighted by molar-refractivity contribution is -0.526. The average molecular weight is 391 g/mol. The van der Waals surface area contributed by atoms with E-state index in [9.17, 15) is 20.0 Å². The molecule has 1 aromatic heterocycles. The first kappa shape index (κ1) is 19.2. The second kappa shape index (κ2) is 7.56. The normalized spacial score (nSPS) is 18.6. The van der Waals surface area contributed by atoms with Crippen LogP contribution in [0.3, 0.4) is 0 Å². The van der Waals surface area contributed by atoms with Crippen molar-refractivity contribution in [3.63, 3.8) is 0 Å². The lowest BCUT2D eigenvalue weighted by atomic mass is 9.75. The zero-order valence-electron chi connectivity index (χ0n) is 15.4. The van der Waals surface area contributed by atoms with Gasteiger partial charge in [-0.1, -0.05) is 6.92 Å². The molecule has 8 heteroatoms. The number of benzene rings is 1. The van der Waals surface area contributed by atoms with Gasteiger partial charge in [0.25, 0.3) is 0 Å². The van der Waals surface area contributed by atoms with Gasteiger partial charge in [0.1, 0.15) is 4.88 Å². The summed E-state index contributed by atoms with van der Waals surface area (Å²) in [5.41, 5.74) is 2.18. The molecule has 27 heavy (non-hydrogen) atoms. The number of thiophene rings is 1. The van der Waals surface area contributed by atoms with E-state index >= 15 is 0 Å². The first-order valence-electron chi connectivity index (χ1n) is 8.65. The van der Waals surface area contributed by atoms with E-state index in [4.69, 9.17) is 9.47 Å². The lowest BCUT2D eigenvalue weighted by Crippen LogP contribution is -2.33. The van der Waals surface area contributed by atoms with Gasteiger partial charge in [-0.15, -0.1) is 11.3 Å². The highest BCUT2D eigenvalue weighted by atomic mass is 32.1. The number of nitrogens with zero attached hydrogens (tertiary/aromatic N) is 1. The van der Waals surface area contributed by atoms with Crippen molar-refractivity contribution < 1.29 is 24.3 Å². The highest BCUT2D eigenvalue weighted by Crippen LogP contribution is 2.45. The molecule has 0 radical (unpaired) electrons. The summed E-state index contributed by atoms with van der Waals surface area (Å²) in [5.74, 6) is -0.642. The summed E-state index contributed by atoms with van der Waals surface area (Å²) in [6.45, 7) is 1.94. The van der Waals surface area contributed by atoms with Gasteiger partial charge < -0.3 is 14.6 Å². The number of carboxylic acids is 1. The maximum absolute atomic E-state index is 11.8. The molecule has 2 aromatic rings. The Bertz CT molecular complexity index is 891. The fourth-order valence-corrected chi connectivity index (χ4v) is 4.74. The molecule has 0 spiro atoms. The zero-order valence-corrected chi connectivity index (χ0v) is 16.2. The van der Waals surface area contributed by atoms with Gasteiger partial charge in [0.2, 0.25) is 6.04 Å². The van der Waals surface area contributed by atoms with Gasteiger partial charge in [-0.25, -0.2) is 4.79 Å². The number of ether oxygens (including phenoxy) is 2. The molecule has 0 fully saturated rings. The van der Waals surface area contributed by atoms with Crippen LogP contribution in [0, 0.1) is 10.1 Å². The van der Waals surface area contributed by atoms with Gasteiger partial charge in [0, 0.05) is 16.2 Å². The molecule has 1 aliphatic rings. The summed E-state index contributed by atoms with van der Waals surface area (Å²) in [5, 5.41) is 21.4. The Balaban J connectivity index is 2.25. The second-order valence-electron chi connectivity index (χ2n) is 6.43. The number of aromatic carboxylic acids is 1. The van der Waals surface area contributed by atoms with Crippen molar-refractivity contribution in [3.8, 4) is 11.5 Å². The minimum Gasteiger partial charge on any atom is -0.493 e. The topological polar surface area (TPSA) is 98.9 Å². The first-order chi connectivity index (χ1) is 12.9. The number of fused-ring (bicyclic) bond motifs is 1. The van der Waals surface area contributed by atoms with Crippen LogP contribution in [-0.4, -0.2) is 36.3 Å². The van der Waals surface area contributed by atoms with Crippen molar-refractivity contribution in [1.82, 2.24) is 0 Å². The van der Waals surface area contributed by atoms with Crippen molar-refractivity contribution >= 4 is 17.3 Å². The molecule has 2 atom stereocenters. The van der Waals surface area contributed by atoms with Crippen LogP contribution in [0.5, 0.6) is 11.5 Å². The standard InChI is InChI=1S/C19H21NO6S/c1-4-11-8-13(18(27-11)19(21)22)17-12-9-16(26-3)15(25-2)7-10(12)5-6-14(17)20(23)24/h7-9,14,17H,4-6H2,1-3H3,(H,21,22)/t14-,17+/m1/s1. The van der Waals surface area contributed by atoms with Gasteiger partial charge in [-0.2, -0.15) is 0 Å². The maximum atomic E-state index is 11.8.